The Hall–Kier alpha value is -2.20. The van der Waals surface area contributed by atoms with E-state index < -0.39 is 0 Å². The third-order valence-corrected chi connectivity index (χ3v) is 3.41. The zero-order valence-electron chi connectivity index (χ0n) is 11.7. The Morgan fingerprint density at radius 2 is 2.05 bits per heavy atom. The van der Waals surface area contributed by atoms with Crippen molar-refractivity contribution in [3.63, 3.8) is 0 Å². The van der Waals surface area contributed by atoms with E-state index in [4.69, 9.17) is 22.1 Å². The molecule has 0 radical (unpaired) electrons. The number of benzene rings is 2. The maximum Gasteiger partial charge on any atom is 0.251 e. The number of carbonyl (C=O) groups excluding carboxylic acids is 1. The van der Waals surface area contributed by atoms with Crippen LogP contribution in [0.3, 0.4) is 0 Å². The molecular formula is C16H17ClN2O2. The first-order valence-corrected chi connectivity index (χ1v) is 6.97. The van der Waals surface area contributed by atoms with Crippen LogP contribution in [0.15, 0.2) is 42.5 Å². The lowest BCUT2D eigenvalue weighted by Gasteiger charge is -2.10. The highest BCUT2D eigenvalue weighted by atomic mass is 35.5. The predicted molar refractivity (Wildman–Crippen MR) is 84.9 cm³/mol. The van der Waals surface area contributed by atoms with Gasteiger partial charge in [0.15, 0.2) is 0 Å². The number of nitrogen functional groups attached to an aromatic ring is 1. The first-order chi connectivity index (χ1) is 10.1. The summed E-state index contributed by atoms with van der Waals surface area (Å²) < 4.78 is 5.50. The Morgan fingerprint density at radius 3 is 2.76 bits per heavy atom. The molecule has 2 aromatic carbocycles. The number of hydrogen-bond acceptors (Lipinski definition) is 3. The van der Waals surface area contributed by atoms with Gasteiger partial charge in [-0.15, -0.1) is 0 Å². The number of nitrogens with one attached hydrogen (secondary N) is 1. The number of nitrogens with two attached hydrogens (primary N) is 1. The summed E-state index contributed by atoms with van der Waals surface area (Å²) in [6.45, 7) is 2.63. The third-order valence-electron chi connectivity index (χ3n) is 3.00. The molecule has 1 amide bonds. The number of carbonyl (C=O) groups is 1. The van der Waals surface area contributed by atoms with Crippen LogP contribution in [0, 0.1) is 6.92 Å². The molecular weight excluding hydrogens is 288 g/mol. The molecule has 0 heterocycles. The summed E-state index contributed by atoms with van der Waals surface area (Å²) in [5.74, 6) is 0.437. The van der Waals surface area contributed by atoms with Gasteiger partial charge in [-0.1, -0.05) is 29.8 Å². The van der Waals surface area contributed by atoms with Crippen LogP contribution in [-0.4, -0.2) is 19.1 Å². The van der Waals surface area contributed by atoms with Crippen LogP contribution in [0.4, 0.5) is 5.69 Å². The summed E-state index contributed by atoms with van der Waals surface area (Å²) in [4.78, 5) is 11.9. The van der Waals surface area contributed by atoms with Crippen molar-refractivity contribution < 1.29 is 9.53 Å². The van der Waals surface area contributed by atoms with Crippen molar-refractivity contribution >= 4 is 23.2 Å². The highest BCUT2D eigenvalue weighted by Crippen LogP contribution is 2.19. The third kappa shape index (κ3) is 4.13. The summed E-state index contributed by atoms with van der Waals surface area (Å²) in [5.41, 5.74) is 7.81. The van der Waals surface area contributed by atoms with Crippen molar-refractivity contribution in [2.45, 2.75) is 6.92 Å². The molecule has 0 saturated carbocycles. The molecule has 0 aliphatic heterocycles. The van der Waals surface area contributed by atoms with E-state index in [1.54, 1.807) is 24.3 Å². The average Bonchev–Trinajstić information content (AvgIpc) is 2.48. The molecule has 0 aliphatic rings. The van der Waals surface area contributed by atoms with Crippen molar-refractivity contribution in [2.24, 2.45) is 0 Å². The van der Waals surface area contributed by atoms with E-state index in [0.717, 1.165) is 5.56 Å². The predicted octanol–water partition coefficient (Wildman–Crippen LogP) is 3.04. The molecule has 0 fully saturated rings. The van der Waals surface area contributed by atoms with E-state index in [9.17, 15) is 4.79 Å². The van der Waals surface area contributed by atoms with Gasteiger partial charge in [0.2, 0.25) is 0 Å². The molecule has 3 N–H and O–H groups in total. The number of anilines is 1. The molecule has 0 atom stereocenters. The molecule has 0 aliphatic carbocycles. The number of amides is 1. The molecule has 110 valence electrons. The van der Waals surface area contributed by atoms with Crippen LogP contribution in [0.1, 0.15) is 15.9 Å². The number of halogens is 1. The highest BCUT2D eigenvalue weighted by molar-refractivity contribution is 6.31. The van der Waals surface area contributed by atoms with Crippen molar-refractivity contribution in [3.05, 3.63) is 58.6 Å². The van der Waals surface area contributed by atoms with Crippen LogP contribution in [0.25, 0.3) is 0 Å². The molecule has 2 aromatic rings. The zero-order valence-corrected chi connectivity index (χ0v) is 12.5. The summed E-state index contributed by atoms with van der Waals surface area (Å²) in [7, 11) is 0. The molecule has 0 spiro atoms. The second kappa shape index (κ2) is 6.99. The van der Waals surface area contributed by atoms with Crippen LogP contribution in [-0.2, 0) is 0 Å². The van der Waals surface area contributed by atoms with Gasteiger partial charge >= 0.3 is 0 Å². The first kappa shape index (κ1) is 15.2. The van der Waals surface area contributed by atoms with E-state index in [-0.39, 0.29) is 5.91 Å². The van der Waals surface area contributed by atoms with Gasteiger partial charge in [-0.2, -0.15) is 0 Å². The fraction of sp³-hybridized carbons (Fsp3) is 0.188. The Labute approximate surface area is 128 Å². The van der Waals surface area contributed by atoms with Gasteiger partial charge < -0.3 is 15.8 Å². The second-order valence-electron chi connectivity index (χ2n) is 4.61. The van der Waals surface area contributed by atoms with Crippen LogP contribution in [0.2, 0.25) is 5.02 Å². The number of rotatable bonds is 5. The van der Waals surface area contributed by atoms with Crippen molar-refractivity contribution in [1.82, 2.24) is 5.32 Å². The van der Waals surface area contributed by atoms with Crippen molar-refractivity contribution in [3.8, 4) is 5.75 Å². The van der Waals surface area contributed by atoms with E-state index >= 15 is 0 Å². The van der Waals surface area contributed by atoms with Gasteiger partial charge in [-0.25, -0.2) is 0 Å². The van der Waals surface area contributed by atoms with E-state index in [0.29, 0.717) is 35.2 Å². The SMILES string of the molecule is Cc1ccc(C(=O)NCCOc2ccccc2N)cc1Cl. The molecule has 2 rings (SSSR count). The molecule has 5 heteroatoms. The fourth-order valence-electron chi connectivity index (χ4n) is 1.77. The molecule has 4 nitrogen and oxygen atoms in total. The maximum absolute atomic E-state index is 11.9. The van der Waals surface area contributed by atoms with Gasteiger partial charge in [-0.3, -0.25) is 4.79 Å². The van der Waals surface area contributed by atoms with Gasteiger partial charge in [0, 0.05) is 10.6 Å². The molecule has 0 unspecified atom stereocenters. The normalized spacial score (nSPS) is 10.2. The standard InChI is InChI=1S/C16H17ClN2O2/c1-11-6-7-12(10-13(11)17)16(20)19-8-9-21-15-5-3-2-4-14(15)18/h2-7,10H,8-9,18H2,1H3,(H,19,20). The summed E-state index contributed by atoms with van der Waals surface area (Å²) in [6, 6.07) is 12.5. The smallest absolute Gasteiger partial charge is 0.251 e. The largest absolute Gasteiger partial charge is 0.490 e. The minimum atomic E-state index is -0.179. The number of ether oxygens (including phenoxy) is 1. The lowest BCUT2D eigenvalue weighted by molar-refractivity contribution is 0.0947. The molecule has 0 saturated heterocycles. The van der Waals surface area contributed by atoms with Gasteiger partial charge in [0.05, 0.1) is 12.2 Å². The number of aryl methyl sites for hydroxylation is 1. The Bertz CT molecular complexity index is 644. The van der Waals surface area contributed by atoms with Crippen molar-refractivity contribution in [2.75, 3.05) is 18.9 Å². The summed E-state index contributed by atoms with van der Waals surface area (Å²) in [5, 5.41) is 3.35. The number of para-hydroxylation sites is 2. The lowest BCUT2D eigenvalue weighted by atomic mass is 10.1. The van der Waals surface area contributed by atoms with Crippen molar-refractivity contribution in [1.29, 1.82) is 0 Å². The van der Waals surface area contributed by atoms with Crippen LogP contribution in [0.5, 0.6) is 5.75 Å². The van der Waals surface area contributed by atoms with E-state index in [1.807, 2.05) is 25.1 Å². The quantitative estimate of drug-likeness (QED) is 0.659. The van der Waals surface area contributed by atoms with Gasteiger partial charge in [0.1, 0.15) is 12.4 Å². The highest BCUT2D eigenvalue weighted by Gasteiger charge is 2.07. The van der Waals surface area contributed by atoms with Gasteiger partial charge in [-0.05, 0) is 36.8 Å². The zero-order chi connectivity index (χ0) is 15.2. The average molecular weight is 305 g/mol. The molecule has 21 heavy (non-hydrogen) atoms. The Morgan fingerprint density at radius 1 is 1.29 bits per heavy atom. The first-order valence-electron chi connectivity index (χ1n) is 6.59. The van der Waals surface area contributed by atoms with Crippen LogP contribution >= 0.6 is 11.6 Å². The molecule has 0 aromatic heterocycles. The maximum atomic E-state index is 11.9. The minimum Gasteiger partial charge on any atom is -0.490 e. The molecule has 0 bridgehead atoms. The van der Waals surface area contributed by atoms with E-state index in [2.05, 4.69) is 5.32 Å². The summed E-state index contributed by atoms with van der Waals surface area (Å²) in [6.07, 6.45) is 0. The Balaban J connectivity index is 1.82. The van der Waals surface area contributed by atoms with Crippen LogP contribution < -0.4 is 15.8 Å². The Kier molecular flexibility index (Phi) is 5.06. The fourth-order valence-corrected chi connectivity index (χ4v) is 1.95. The van der Waals surface area contributed by atoms with Gasteiger partial charge in [0.25, 0.3) is 5.91 Å². The lowest BCUT2D eigenvalue weighted by Crippen LogP contribution is -2.28. The summed E-state index contributed by atoms with van der Waals surface area (Å²) >= 11 is 6.00. The monoisotopic (exact) mass is 304 g/mol. The minimum absolute atomic E-state index is 0.179. The number of hydrogen-bond donors (Lipinski definition) is 2. The van der Waals surface area contributed by atoms with E-state index in [1.165, 1.54) is 0 Å². The second-order valence-corrected chi connectivity index (χ2v) is 5.01. The topological polar surface area (TPSA) is 64.3 Å².